The van der Waals surface area contributed by atoms with Crippen LogP contribution in [-0.2, 0) is 27.8 Å². The number of aryl methyl sites for hydroxylation is 1. The SMILES string of the molecule is COCCN[C@H]1[C@@H]2OC[C@H](O2)[C@H](NCc2cccn2C)[C@@H]1O. The van der Waals surface area contributed by atoms with Gasteiger partial charge in [0.25, 0.3) is 0 Å². The first-order valence-electron chi connectivity index (χ1n) is 7.71. The Morgan fingerprint density at radius 2 is 2.27 bits per heavy atom. The summed E-state index contributed by atoms with van der Waals surface area (Å²) in [5.41, 5.74) is 1.16. The lowest BCUT2D eigenvalue weighted by Crippen LogP contribution is -2.63. The minimum absolute atomic E-state index is 0.110. The molecule has 2 bridgehead atoms. The molecular weight excluding hydrogens is 286 g/mol. The van der Waals surface area contributed by atoms with E-state index in [4.69, 9.17) is 14.2 Å². The first-order chi connectivity index (χ1) is 10.7. The van der Waals surface area contributed by atoms with E-state index in [1.807, 2.05) is 19.3 Å². The van der Waals surface area contributed by atoms with Crippen molar-refractivity contribution in [2.75, 3.05) is 26.9 Å². The van der Waals surface area contributed by atoms with Crippen molar-refractivity contribution in [3.63, 3.8) is 0 Å². The molecule has 7 heteroatoms. The number of hydrogen-bond acceptors (Lipinski definition) is 6. The molecule has 0 saturated carbocycles. The molecule has 2 aliphatic rings. The maximum atomic E-state index is 10.7. The van der Waals surface area contributed by atoms with E-state index in [0.29, 0.717) is 26.3 Å². The minimum Gasteiger partial charge on any atom is -0.390 e. The topological polar surface area (TPSA) is 76.9 Å². The third-order valence-electron chi connectivity index (χ3n) is 4.42. The van der Waals surface area contributed by atoms with E-state index in [9.17, 15) is 5.11 Å². The summed E-state index contributed by atoms with van der Waals surface area (Å²) in [7, 11) is 3.66. The smallest absolute Gasteiger partial charge is 0.176 e. The lowest BCUT2D eigenvalue weighted by Gasteiger charge is -2.39. The van der Waals surface area contributed by atoms with Crippen molar-refractivity contribution in [1.29, 1.82) is 0 Å². The van der Waals surface area contributed by atoms with Gasteiger partial charge in [0, 0.05) is 39.1 Å². The van der Waals surface area contributed by atoms with Crippen LogP contribution in [0.15, 0.2) is 18.3 Å². The Balaban J connectivity index is 1.61. The lowest BCUT2D eigenvalue weighted by molar-refractivity contribution is -0.153. The van der Waals surface area contributed by atoms with Crippen LogP contribution < -0.4 is 10.6 Å². The average molecular weight is 311 g/mol. The molecule has 7 nitrogen and oxygen atoms in total. The van der Waals surface area contributed by atoms with Crippen LogP contribution in [0.4, 0.5) is 0 Å². The fourth-order valence-corrected chi connectivity index (χ4v) is 3.12. The van der Waals surface area contributed by atoms with Gasteiger partial charge in [-0.3, -0.25) is 0 Å². The highest BCUT2D eigenvalue weighted by atomic mass is 16.7. The molecule has 3 N–H and O–H groups in total. The highest BCUT2D eigenvalue weighted by Crippen LogP contribution is 2.28. The van der Waals surface area contributed by atoms with E-state index >= 15 is 0 Å². The molecule has 0 aliphatic carbocycles. The van der Waals surface area contributed by atoms with Gasteiger partial charge in [-0.2, -0.15) is 0 Å². The number of ether oxygens (including phenoxy) is 3. The zero-order valence-corrected chi connectivity index (χ0v) is 13.1. The zero-order chi connectivity index (χ0) is 15.5. The number of aliphatic hydroxyl groups is 1. The molecule has 1 aromatic heterocycles. The van der Waals surface area contributed by atoms with Crippen molar-refractivity contribution in [2.24, 2.45) is 7.05 Å². The van der Waals surface area contributed by atoms with Gasteiger partial charge < -0.3 is 34.5 Å². The largest absolute Gasteiger partial charge is 0.390 e. The van der Waals surface area contributed by atoms with E-state index in [2.05, 4.69) is 21.3 Å². The van der Waals surface area contributed by atoms with Crippen molar-refractivity contribution in [2.45, 2.75) is 37.1 Å². The Kier molecular flexibility index (Phi) is 5.12. The van der Waals surface area contributed by atoms with E-state index in [-0.39, 0.29) is 24.5 Å². The summed E-state index contributed by atoms with van der Waals surface area (Å²) in [6, 6.07) is 3.66. The van der Waals surface area contributed by atoms with E-state index in [1.54, 1.807) is 7.11 Å². The third kappa shape index (κ3) is 3.19. The predicted molar refractivity (Wildman–Crippen MR) is 80.3 cm³/mol. The monoisotopic (exact) mass is 311 g/mol. The second kappa shape index (κ2) is 7.08. The molecule has 0 unspecified atom stereocenters. The zero-order valence-electron chi connectivity index (χ0n) is 13.1. The Labute approximate surface area is 130 Å². The maximum absolute atomic E-state index is 10.7. The maximum Gasteiger partial charge on any atom is 0.176 e. The summed E-state index contributed by atoms with van der Waals surface area (Å²) >= 11 is 0. The first-order valence-corrected chi connectivity index (χ1v) is 7.71. The molecule has 0 aromatic carbocycles. The van der Waals surface area contributed by atoms with Crippen molar-refractivity contribution in [1.82, 2.24) is 15.2 Å². The van der Waals surface area contributed by atoms with Gasteiger partial charge in [-0.15, -0.1) is 0 Å². The van der Waals surface area contributed by atoms with Crippen molar-refractivity contribution in [3.05, 3.63) is 24.0 Å². The minimum atomic E-state index is -0.566. The normalized spacial score (nSPS) is 34.2. The Bertz CT molecular complexity index is 481. The van der Waals surface area contributed by atoms with E-state index in [1.165, 1.54) is 0 Å². The molecule has 0 amide bonds. The van der Waals surface area contributed by atoms with Gasteiger partial charge in [0.2, 0.25) is 0 Å². The summed E-state index contributed by atoms with van der Waals surface area (Å²) in [5.74, 6) is 0. The van der Waals surface area contributed by atoms with Crippen LogP contribution in [0.1, 0.15) is 5.69 Å². The Hall–Kier alpha value is -0.960. The number of aliphatic hydroxyl groups excluding tert-OH is 1. The molecule has 2 saturated heterocycles. The molecule has 0 radical (unpaired) electrons. The third-order valence-corrected chi connectivity index (χ3v) is 4.42. The van der Waals surface area contributed by atoms with Crippen LogP contribution in [0.5, 0.6) is 0 Å². The van der Waals surface area contributed by atoms with E-state index in [0.717, 1.165) is 5.69 Å². The molecular formula is C15H25N3O4. The summed E-state index contributed by atoms with van der Waals surface area (Å²) in [6.07, 6.45) is 0.948. The summed E-state index contributed by atoms with van der Waals surface area (Å²) in [5, 5.41) is 17.4. The second-order valence-corrected chi connectivity index (χ2v) is 5.86. The van der Waals surface area contributed by atoms with Gasteiger partial charge in [0.1, 0.15) is 6.10 Å². The van der Waals surface area contributed by atoms with Crippen molar-refractivity contribution >= 4 is 0 Å². The quantitative estimate of drug-likeness (QED) is 0.573. The molecule has 3 rings (SSSR count). The molecule has 2 fully saturated rings. The summed E-state index contributed by atoms with van der Waals surface area (Å²) in [4.78, 5) is 0. The fourth-order valence-electron chi connectivity index (χ4n) is 3.12. The van der Waals surface area contributed by atoms with Crippen LogP contribution in [0, 0.1) is 0 Å². The number of fused-ring (bicyclic) bond motifs is 2. The van der Waals surface area contributed by atoms with Crippen LogP contribution in [0.25, 0.3) is 0 Å². The lowest BCUT2D eigenvalue weighted by atomic mass is 9.96. The van der Waals surface area contributed by atoms with Gasteiger partial charge in [0.05, 0.1) is 31.4 Å². The van der Waals surface area contributed by atoms with Gasteiger partial charge in [0.15, 0.2) is 6.29 Å². The standard InChI is InChI=1S/C15H25N3O4/c1-18-6-3-4-10(18)8-17-12-11-9-21-15(22-11)13(14(12)19)16-5-7-20-2/h3-4,6,11-17,19H,5,7-9H2,1-2H3/t11-,12-,13+,14-,15+/m0/s1. The Morgan fingerprint density at radius 3 is 3.00 bits per heavy atom. The molecule has 22 heavy (non-hydrogen) atoms. The summed E-state index contributed by atoms with van der Waals surface area (Å²) in [6.45, 7) is 2.42. The number of aromatic nitrogens is 1. The van der Waals surface area contributed by atoms with Crippen LogP contribution in [0.2, 0.25) is 0 Å². The van der Waals surface area contributed by atoms with Gasteiger partial charge in [-0.25, -0.2) is 0 Å². The first kappa shape index (κ1) is 15.9. The highest BCUT2D eigenvalue weighted by Gasteiger charge is 2.49. The second-order valence-electron chi connectivity index (χ2n) is 5.86. The predicted octanol–water partition coefficient (Wildman–Crippen LogP) is -0.796. The molecule has 3 heterocycles. The number of hydrogen-bond donors (Lipinski definition) is 3. The molecule has 2 aliphatic heterocycles. The summed E-state index contributed by atoms with van der Waals surface area (Å²) < 4.78 is 18.6. The van der Waals surface area contributed by atoms with Gasteiger partial charge in [-0.1, -0.05) is 0 Å². The fraction of sp³-hybridized carbons (Fsp3) is 0.733. The number of methoxy groups -OCH3 is 1. The highest BCUT2D eigenvalue weighted by molar-refractivity contribution is 5.08. The van der Waals surface area contributed by atoms with Crippen LogP contribution in [-0.4, -0.2) is 67.1 Å². The Morgan fingerprint density at radius 1 is 1.41 bits per heavy atom. The van der Waals surface area contributed by atoms with Crippen molar-refractivity contribution < 1.29 is 19.3 Å². The molecule has 0 spiro atoms. The number of rotatable bonds is 7. The van der Waals surface area contributed by atoms with Crippen LogP contribution >= 0.6 is 0 Å². The molecule has 124 valence electrons. The molecule has 1 aromatic rings. The van der Waals surface area contributed by atoms with Gasteiger partial charge in [-0.05, 0) is 12.1 Å². The number of nitrogens with zero attached hydrogens (tertiary/aromatic N) is 1. The van der Waals surface area contributed by atoms with Crippen molar-refractivity contribution in [3.8, 4) is 0 Å². The van der Waals surface area contributed by atoms with Gasteiger partial charge >= 0.3 is 0 Å². The molecule has 5 atom stereocenters. The van der Waals surface area contributed by atoms with E-state index < -0.39 is 6.10 Å². The average Bonchev–Trinajstić information content (AvgIpc) is 3.11. The van der Waals surface area contributed by atoms with Crippen LogP contribution in [0.3, 0.4) is 0 Å². The number of nitrogens with one attached hydrogen (secondary N) is 2.